The minimum atomic E-state index is -1.04. The number of amides is 2. The number of benzene rings is 1. The maximum atomic E-state index is 12.4. The summed E-state index contributed by atoms with van der Waals surface area (Å²) < 4.78 is -0.686. The smallest absolute Gasteiger partial charge is 0.327 e. The van der Waals surface area contributed by atoms with E-state index >= 15 is 0 Å². The van der Waals surface area contributed by atoms with Gasteiger partial charge in [-0.3, -0.25) is 9.59 Å². The molecule has 4 atom stereocenters. The maximum absolute atomic E-state index is 12.4. The molecule has 24 heavy (non-hydrogen) atoms. The van der Waals surface area contributed by atoms with Gasteiger partial charge in [-0.25, -0.2) is 4.79 Å². The van der Waals surface area contributed by atoms with Gasteiger partial charge in [0.25, 0.3) is 0 Å². The van der Waals surface area contributed by atoms with Crippen LogP contribution in [0.5, 0.6) is 0 Å². The zero-order valence-corrected chi connectivity index (χ0v) is 15.3. The molecule has 0 bridgehead atoms. The first kappa shape index (κ1) is 17.3. The lowest BCUT2D eigenvalue weighted by Gasteiger charge is -2.56. The van der Waals surface area contributed by atoms with Gasteiger partial charge in [-0.1, -0.05) is 46.3 Å². The molecule has 0 spiro atoms. The van der Waals surface area contributed by atoms with Crippen LogP contribution >= 0.6 is 27.7 Å². The van der Waals surface area contributed by atoms with E-state index in [2.05, 4.69) is 21.2 Å². The van der Waals surface area contributed by atoms with E-state index in [4.69, 9.17) is 0 Å². The van der Waals surface area contributed by atoms with Crippen molar-refractivity contribution in [3.8, 4) is 0 Å². The number of thioether (sulfide) groups is 1. The second-order valence-electron chi connectivity index (χ2n) is 6.17. The van der Waals surface area contributed by atoms with Crippen molar-refractivity contribution < 1.29 is 19.5 Å². The van der Waals surface area contributed by atoms with Gasteiger partial charge in [-0.05, 0) is 12.5 Å². The number of nitrogens with zero attached hydrogens (tertiary/aromatic N) is 1. The SMILES string of the molecule is CC1(Br)CS[C@@H]2C(NC(=O)Cc3ccccc3)C(=O)N2C1C(=O)O. The third-order valence-corrected chi connectivity index (χ3v) is 6.91. The van der Waals surface area contributed by atoms with Gasteiger partial charge in [0.2, 0.25) is 11.8 Å². The van der Waals surface area contributed by atoms with Crippen molar-refractivity contribution in [2.45, 2.75) is 35.1 Å². The highest BCUT2D eigenvalue weighted by atomic mass is 79.9. The zero-order chi connectivity index (χ0) is 17.5. The molecule has 0 radical (unpaired) electrons. The minimum absolute atomic E-state index is 0.195. The fraction of sp³-hybridized carbons (Fsp3) is 0.438. The number of hydrogen-bond acceptors (Lipinski definition) is 4. The predicted octanol–water partition coefficient (Wildman–Crippen LogP) is 1.24. The van der Waals surface area contributed by atoms with Crippen molar-refractivity contribution in [3.63, 3.8) is 0 Å². The molecule has 1 aromatic rings. The summed E-state index contributed by atoms with van der Waals surface area (Å²) in [7, 11) is 0. The summed E-state index contributed by atoms with van der Waals surface area (Å²) in [5.74, 6) is -1.07. The Balaban J connectivity index is 1.67. The minimum Gasteiger partial charge on any atom is -0.480 e. The van der Waals surface area contributed by atoms with Crippen LogP contribution in [0.2, 0.25) is 0 Å². The first-order chi connectivity index (χ1) is 11.3. The van der Waals surface area contributed by atoms with E-state index in [1.165, 1.54) is 16.7 Å². The summed E-state index contributed by atoms with van der Waals surface area (Å²) in [4.78, 5) is 37.5. The van der Waals surface area contributed by atoms with Crippen LogP contribution in [-0.2, 0) is 20.8 Å². The van der Waals surface area contributed by atoms with Gasteiger partial charge < -0.3 is 15.3 Å². The Hall–Kier alpha value is -1.54. The van der Waals surface area contributed by atoms with Gasteiger partial charge in [0.1, 0.15) is 17.5 Å². The molecule has 2 aliphatic heterocycles. The van der Waals surface area contributed by atoms with E-state index in [1.807, 2.05) is 30.3 Å². The molecule has 6 nitrogen and oxygen atoms in total. The van der Waals surface area contributed by atoms with Crippen LogP contribution in [0.3, 0.4) is 0 Å². The van der Waals surface area contributed by atoms with Crippen LogP contribution < -0.4 is 5.32 Å². The Labute approximate surface area is 152 Å². The van der Waals surface area contributed by atoms with Gasteiger partial charge in [0, 0.05) is 5.75 Å². The molecule has 1 aromatic carbocycles. The number of rotatable bonds is 4. The second kappa shape index (κ2) is 6.40. The van der Waals surface area contributed by atoms with E-state index in [9.17, 15) is 19.5 Å². The van der Waals surface area contributed by atoms with Gasteiger partial charge in [0.15, 0.2) is 0 Å². The van der Waals surface area contributed by atoms with Crippen LogP contribution in [0.25, 0.3) is 0 Å². The quantitative estimate of drug-likeness (QED) is 0.573. The standard InChI is InChI=1S/C16H17BrN2O4S/c1-16(17)8-24-14-11(13(21)19(14)12(16)15(22)23)18-10(20)7-9-5-3-2-4-6-9/h2-6,11-12,14H,7-8H2,1H3,(H,18,20)(H,22,23)/t11?,12?,14-,16?/m1/s1. The third-order valence-electron chi connectivity index (χ3n) is 4.22. The average Bonchev–Trinajstić information content (AvgIpc) is 2.52. The van der Waals surface area contributed by atoms with Crippen molar-refractivity contribution >= 4 is 45.5 Å². The molecule has 3 rings (SSSR count). The average molecular weight is 413 g/mol. The first-order valence-corrected chi connectivity index (χ1v) is 9.34. The number of aliphatic carboxylic acids is 1. The van der Waals surface area contributed by atoms with Crippen LogP contribution in [0.4, 0.5) is 0 Å². The summed E-state index contributed by atoms with van der Waals surface area (Å²) >= 11 is 4.90. The summed E-state index contributed by atoms with van der Waals surface area (Å²) in [5.41, 5.74) is 0.867. The number of carbonyl (C=O) groups is 3. The molecule has 2 amide bonds. The molecular weight excluding hydrogens is 396 g/mol. The summed E-state index contributed by atoms with van der Waals surface area (Å²) in [5, 5.41) is 11.9. The molecule has 2 fully saturated rings. The summed E-state index contributed by atoms with van der Waals surface area (Å²) in [6, 6.07) is 7.68. The highest BCUT2D eigenvalue weighted by Gasteiger charge is 2.60. The van der Waals surface area contributed by atoms with Crippen molar-refractivity contribution in [3.05, 3.63) is 35.9 Å². The highest BCUT2D eigenvalue weighted by molar-refractivity contribution is 9.10. The summed E-state index contributed by atoms with van der Waals surface area (Å²) in [6.45, 7) is 1.77. The Bertz CT molecular complexity index is 682. The fourth-order valence-corrected chi connectivity index (χ4v) is 5.30. The number of carboxylic acids is 1. The lowest BCUT2D eigenvalue weighted by molar-refractivity contribution is -0.163. The summed E-state index contributed by atoms with van der Waals surface area (Å²) in [6.07, 6.45) is 0.195. The number of β-lactam (4-membered cyclic amide) rings is 1. The molecule has 0 aliphatic carbocycles. The molecule has 0 saturated carbocycles. The van der Waals surface area contributed by atoms with Gasteiger partial charge in [-0.15, -0.1) is 11.8 Å². The van der Waals surface area contributed by atoms with E-state index in [-0.39, 0.29) is 23.6 Å². The second-order valence-corrected chi connectivity index (χ2v) is 9.09. The Morgan fingerprint density at radius 1 is 1.42 bits per heavy atom. The number of hydrogen-bond donors (Lipinski definition) is 2. The number of carbonyl (C=O) groups excluding carboxylic acids is 2. The van der Waals surface area contributed by atoms with Crippen molar-refractivity contribution in [1.29, 1.82) is 0 Å². The third kappa shape index (κ3) is 3.04. The number of alkyl halides is 1. The van der Waals surface area contributed by atoms with Crippen LogP contribution in [0.1, 0.15) is 12.5 Å². The van der Waals surface area contributed by atoms with Gasteiger partial charge >= 0.3 is 5.97 Å². The molecule has 2 aliphatic rings. The lowest BCUT2D eigenvalue weighted by atomic mass is 9.94. The van der Waals surface area contributed by atoms with E-state index in [0.717, 1.165) is 5.56 Å². The Morgan fingerprint density at radius 3 is 2.71 bits per heavy atom. The Morgan fingerprint density at radius 2 is 2.08 bits per heavy atom. The van der Waals surface area contributed by atoms with E-state index in [1.54, 1.807) is 6.92 Å². The van der Waals surface area contributed by atoms with Crippen LogP contribution in [-0.4, -0.2) is 55.3 Å². The number of halogens is 1. The van der Waals surface area contributed by atoms with Crippen molar-refractivity contribution in [1.82, 2.24) is 10.2 Å². The fourth-order valence-electron chi connectivity index (χ4n) is 3.07. The normalized spacial score (nSPS) is 31.8. The molecule has 128 valence electrons. The van der Waals surface area contributed by atoms with Crippen LogP contribution in [0.15, 0.2) is 30.3 Å². The zero-order valence-electron chi connectivity index (χ0n) is 12.9. The predicted molar refractivity (Wildman–Crippen MR) is 93.9 cm³/mol. The number of nitrogens with one attached hydrogen (secondary N) is 1. The molecule has 2 saturated heterocycles. The van der Waals surface area contributed by atoms with E-state index in [0.29, 0.717) is 5.75 Å². The molecule has 0 aromatic heterocycles. The largest absolute Gasteiger partial charge is 0.480 e. The molecule has 3 unspecified atom stereocenters. The van der Waals surface area contributed by atoms with Gasteiger partial charge in [-0.2, -0.15) is 0 Å². The first-order valence-electron chi connectivity index (χ1n) is 7.50. The lowest BCUT2D eigenvalue weighted by Crippen LogP contribution is -2.78. The number of fused-ring (bicyclic) bond motifs is 1. The van der Waals surface area contributed by atoms with Crippen molar-refractivity contribution in [2.75, 3.05) is 5.75 Å². The van der Waals surface area contributed by atoms with Crippen molar-refractivity contribution in [2.24, 2.45) is 0 Å². The molecule has 2 heterocycles. The topological polar surface area (TPSA) is 86.7 Å². The monoisotopic (exact) mass is 412 g/mol. The van der Waals surface area contributed by atoms with Gasteiger partial charge in [0.05, 0.1) is 10.7 Å². The van der Waals surface area contributed by atoms with Crippen LogP contribution in [0, 0.1) is 0 Å². The number of carboxylic acid groups (broad SMARTS) is 1. The van der Waals surface area contributed by atoms with E-state index < -0.39 is 22.4 Å². The molecular formula is C16H17BrN2O4S. The Kier molecular flexibility index (Phi) is 4.61. The maximum Gasteiger partial charge on any atom is 0.327 e. The molecule has 2 N–H and O–H groups in total. The highest BCUT2D eigenvalue weighted by Crippen LogP contribution is 2.45. The molecule has 8 heteroatoms.